The predicted molar refractivity (Wildman–Crippen MR) is 72.2 cm³/mol. The Labute approximate surface area is 106 Å². The first-order valence-corrected chi connectivity index (χ1v) is 6.93. The van der Waals surface area contributed by atoms with Crippen molar-refractivity contribution in [1.82, 2.24) is 15.0 Å². The fraction of sp³-hybridized carbons (Fsp3) is 0.0909. The van der Waals surface area contributed by atoms with Crippen molar-refractivity contribution in [3.05, 3.63) is 34.8 Å². The van der Waals surface area contributed by atoms with Crippen LogP contribution in [-0.4, -0.2) is 15.0 Å². The summed E-state index contributed by atoms with van der Waals surface area (Å²) >= 11 is 3.33. The Kier molecular flexibility index (Phi) is 2.74. The first-order valence-electron chi connectivity index (χ1n) is 5.07. The van der Waals surface area contributed by atoms with E-state index in [0.717, 1.165) is 27.6 Å². The Morgan fingerprint density at radius 2 is 2.35 bits per heavy atom. The van der Waals surface area contributed by atoms with Gasteiger partial charge in [-0.1, -0.05) is 11.8 Å². The zero-order valence-corrected chi connectivity index (χ0v) is 10.5. The molecule has 3 N–H and O–H groups in total. The van der Waals surface area contributed by atoms with Crippen molar-refractivity contribution >= 4 is 39.8 Å². The zero-order valence-electron chi connectivity index (χ0n) is 8.88. The highest BCUT2D eigenvalue weighted by Gasteiger charge is 2.04. The summed E-state index contributed by atoms with van der Waals surface area (Å²) in [6, 6.07) is 5.69. The highest BCUT2D eigenvalue weighted by molar-refractivity contribution is 7.98. The molecule has 0 bridgehead atoms. The maximum absolute atomic E-state index is 5.72. The van der Waals surface area contributed by atoms with Gasteiger partial charge in [-0.15, -0.1) is 11.3 Å². The SMILES string of the molecule is Nc1ccc2nc(SCc3cncs3)[nH]c2c1. The van der Waals surface area contributed by atoms with Gasteiger partial charge in [0.2, 0.25) is 0 Å². The molecule has 0 aliphatic heterocycles. The lowest BCUT2D eigenvalue weighted by molar-refractivity contribution is 1.08. The van der Waals surface area contributed by atoms with Gasteiger partial charge in [0, 0.05) is 22.5 Å². The van der Waals surface area contributed by atoms with Crippen molar-refractivity contribution in [2.75, 3.05) is 5.73 Å². The summed E-state index contributed by atoms with van der Waals surface area (Å²) in [5, 5.41) is 0.916. The van der Waals surface area contributed by atoms with Gasteiger partial charge in [-0.3, -0.25) is 4.98 Å². The fourth-order valence-electron chi connectivity index (χ4n) is 1.53. The van der Waals surface area contributed by atoms with E-state index >= 15 is 0 Å². The standard InChI is InChI=1S/C11H10N4S2/c12-7-1-2-9-10(3-7)15-11(14-9)16-5-8-4-13-6-17-8/h1-4,6H,5,12H2,(H,14,15). The number of nitrogens with two attached hydrogens (primary N) is 1. The number of imidazole rings is 1. The van der Waals surface area contributed by atoms with Crippen LogP contribution in [0.3, 0.4) is 0 Å². The quantitative estimate of drug-likeness (QED) is 0.562. The number of thiazole rings is 1. The third-order valence-electron chi connectivity index (χ3n) is 2.32. The minimum atomic E-state index is 0.750. The van der Waals surface area contributed by atoms with Crippen LogP contribution in [-0.2, 0) is 5.75 Å². The number of aromatic amines is 1. The van der Waals surface area contributed by atoms with Crippen LogP contribution in [0.25, 0.3) is 11.0 Å². The first kappa shape index (κ1) is 10.6. The van der Waals surface area contributed by atoms with E-state index < -0.39 is 0 Å². The van der Waals surface area contributed by atoms with E-state index in [0.29, 0.717) is 0 Å². The molecule has 0 aliphatic rings. The van der Waals surface area contributed by atoms with Crippen LogP contribution < -0.4 is 5.73 Å². The molecule has 0 unspecified atom stereocenters. The van der Waals surface area contributed by atoms with Crippen LogP contribution in [0.1, 0.15) is 4.88 Å². The Balaban J connectivity index is 1.81. The fourth-order valence-corrected chi connectivity index (χ4v) is 3.05. The number of nitrogens with one attached hydrogen (secondary N) is 1. The summed E-state index contributed by atoms with van der Waals surface area (Å²) in [6.07, 6.45) is 1.89. The van der Waals surface area contributed by atoms with Crippen LogP contribution in [0, 0.1) is 0 Å². The first-order chi connectivity index (χ1) is 8.31. The van der Waals surface area contributed by atoms with Gasteiger partial charge in [-0.2, -0.15) is 0 Å². The highest BCUT2D eigenvalue weighted by atomic mass is 32.2. The van der Waals surface area contributed by atoms with Crippen molar-refractivity contribution in [2.24, 2.45) is 0 Å². The number of nitrogens with zero attached hydrogens (tertiary/aromatic N) is 2. The average Bonchev–Trinajstić information content (AvgIpc) is 2.94. The van der Waals surface area contributed by atoms with Crippen molar-refractivity contribution < 1.29 is 0 Å². The summed E-state index contributed by atoms with van der Waals surface area (Å²) in [5.74, 6) is 0.889. The maximum atomic E-state index is 5.72. The molecule has 0 radical (unpaired) electrons. The van der Waals surface area contributed by atoms with E-state index in [1.54, 1.807) is 23.1 Å². The second-order valence-corrected chi connectivity index (χ2v) is 5.51. The third-order valence-corrected chi connectivity index (χ3v) is 4.20. The minimum absolute atomic E-state index is 0.750. The van der Waals surface area contributed by atoms with E-state index in [1.807, 2.05) is 29.9 Å². The molecule has 6 heteroatoms. The summed E-state index contributed by atoms with van der Waals surface area (Å²) < 4.78 is 0. The summed E-state index contributed by atoms with van der Waals surface area (Å²) in [6.45, 7) is 0. The van der Waals surface area contributed by atoms with E-state index in [2.05, 4.69) is 15.0 Å². The van der Waals surface area contributed by atoms with Crippen molar-refractivity contribution in [1.29, 1.82) is 0 Å². The number of hydrogen-bond acceptors (Lipinski definition) is 5. The molecule has 0 fully saturated rings. The van der Waals surface area contributed by atoms with Gasteiger partial charge in [0.25, 0.3) is 0 Å². The molecular formula is C11H10N4S2. The Morgan fingerprint density at radius 3 is 3.18 bits per heavy atom. The van der Waals surface area contributed by atoms with E-state index in [-0.39, 0.29) is 0 Å². The van der Waals surface area contributed by atoms with Gasteiger partial charge in [0.1, 0.15) is 0 Å². The molecule has 17 heavy (non-hydrogen) atoms. The summed E-state index contributed by atoms with van der Waals surface area (Å²) in [4.78, 5) is 13.0. The van der Waals surface area contributed by atoms with Crippen LogP contribution in [0.2, 0.25) is 0 Å². The third kappa shape index (κ3) is 2.27. The molecule has 1 aromatic carbocycles. The molecule has 0 atom stereocenters. The van der Waals surface area contributed by atoms with E-state index in [1.165, 1.54) is 4.88 Å². The molecule has 0 saturated carbocycles. The molecule has 0 amide bonds. The molecule has 3 aromatic rings. The number of fused-ring (bicyclic) bond motifs is 1. The van der Waals surface area contributed by atoms with Crippen molar-refractivity contribution in [2.45, 2.75) is 10.9 Å². The molecule has 0 spiro atoms. The Hall–Kier alpha value is -1.53. The number of thioether (sulfide) groups is 1. The largest absolute Gasteiger partial charge is 0.399 e. The second kappa shape index (κ2) is 4.38. The van der Waals surface area contributed by atoms with Gasteiger partial charge in [-0.05, 0) is 18.2 Å². The van der Waals surface area contributed by atoms with Gasteiger partial charge in [0.15, 0.2) is 5.16 Å². The maximum Gasteiger partial charge on any atom is 0.166 e. The molecule has 0 saturated heterocycles. The lowest BCUT2D eigenvalue weighted by Crippen LogP contribution is -1.82. The van der Waals surface area contributed by atoms with Crippen molar-refractivity contribution in [3.8, 4) is 0 Å². The number of H-pyrrole nitrogens is 1. The smallest absolute Gasteiger partial charge is 0.166 e. The summed E-state index contributed by atoms with van der Waals surface area (Å²) in [5.41, 5.74) is 10.2. The van der Waals surface area contributed by atoms with Crippen LogP contribution in [0.15, 0.2) is 35.1 Å². The number of hydrogen-bond donors (Lipinski definition) is 2. The second-order valence-electron chi connectivity index (χ2n) is 3.57. The molecular weight excluding hydrogens is 252 g/mol. The number of anilines is 1. The number of aromatic nitrogens is 3. The van der Waals surface area contributed by atoms with Crippen LogP contribution in [0.4, 0.5) is 5.69 Å². The minimum Gasteiger partial charge on any atom is -0.399 e. The molecule has 0 aliphatic carbocycles. The highest BCUT2D eigenvalue weighted by Crippen LogP contribution is 2.25. The Morgan fingerprint density at radius 1 is 1.41 bits per heavy atom. The number of nitrogen functional groups attached to an aromatic ring is 1. The monoisotopic (exact) mass is 262 g/mol. The van der Waals surface area contributed by atoms with Gasteiger partial charge in [-0.25, -0.2) is 4.98 Å². The topological polar surface area (TPSA) is 67.6 Å². The van der Waals surface area contributed by atoms with Crippen LogP contribution >= 0.6 is 23.1 Å². The van der Waals surface area contributed by atoms with Gasteiger partial charge >= 0.3 is 0 Å². The summed E-state index contributed by atoms with van der Waals surface area (Å²) in [7, 11) is 0. The van der Waals surface area contributed by atoms with E-state index in [4.69, 9.17) is 5.73 Å². The van der Waals surface area contributed by atoms with Gasteiger partial charge < -0.3 is 10.7 Å². The Bertz CT molecular complexity index is 630. The van der Waals surface area contributed by atoms with Crippen LogP contribution in [0.5, 0.6) is 0 Å². The predicted octanol–water partition coefficient (Wildman–Crippen LogP) is 2.89. The molecule has 4 nitrogen and oxygen atoms in total. The normalized spacial score (nSPS) is 11.1. The number of rotatable bonds is 3. The average molecular weight is 262 g/mol. The van der Waals surface area contributed by atoms with Crippen molar-refractivity contribution in [3.63, 3.8) is 0 Å². The number of benzene rings is 1. The lowest BCUT2D eigenvalue weighted by atomic mass is 10.3. The molecule has 2 aromatic heterocycles. The molecule has 2 heterocycles. The zero-order chi connectivity index (χ0) is 11.7. The van der Waals surface area contributed by atoms with E-state index in [9.17, 15) is 0 Å². The molecule has 86 valence electrons. The molecule has 3 rings (SSSR count). The lowest BCUT2D eigenvalue weighted by Gasteiger charge is -1.92. The van der Waals surface area contributed by atoms with Gasteiger partial charge in [0.05, 0.1) is 16.5 Å².